The Bertz CT molecular complexity index is 577. The fourth-order valence-electron chi connectivity index (χ4n) is 1.64. The van der Waals surface area contributed by atoms with Gasteiger partial charge in [0.2, 0.25) is 0 Å². The van der Waals surface area contributed by atoms with Crippen molar-refractivity contribution in [3.63, 3.8) is 0 Å². The number of aromatic nitrogens is 1. The highest BCUT2D eigenvalue weighted by Crippen LogP contribution is 2.06. The van der Waals surface area contributed by atoms with Gasteiger partial charge in [-0.15, -0.1) is 0 Å². The quantitative estimate of drug-likeness (QED) is 0.775. The van der Waals surface area contributed by atoms with Gasteiger partial charge in [-0.3, -0.25) is 15.8 Å². The van der Waals surface area contributed by atoms with Gasteiger partial charge >= 0.3 is 6.09 Å². The Kier molecular flexibility index (Phi) is 4.92. The lowest BCUT2D eigenvalue weighted by atomic mass is 10.2. The van der Waals surface area contributed by atoms with Crippen molar-refractivity contribution in [2.45, 2.75) is 32.8 Å². The predicted molar refractivity (Wildman–Crippen MR) is 83.3 cm³/mol. The van der Waals surface area contributed by atoms with Crippen LogP contribution in [0.15, 0.2) is 34.7 Å². The fourth-order valence-corrected chi connectivity index (χ4v) is 1.64. The Labute approximate surface area is 129 Å². The molecule has 1 aromatic heterocycles. The van der Waals surface area contributed by atoms with E-state index in [4.69, 9.17) is 4.74 Å². The van der Waals surface area contributed by atoms with Crippen LogP contribution in [0.4, 0.5) is 4.79 Å². The Hall–Kier alpha value is -2.64. The van der Waals surface area contributed by atoms with Crippen molar-refractivity contribution in [2.24, 2.45) is 10.2 Å². The number of carbonyl (C=O) groups excluding carboxylic acids is 1. The highest BCUT2D eigenvalue weighted by molar-refractivity contribution is 6.01. The van der Waals surface area contributed by atoms with Crippen molar-refractivity contribution in [2.75, 3.05) is 6.54 Å². The molecule has 0 atom stereocenters. The molecule has 3 N–H and O–H groups in total. The molecule has 0 aromatic carbocycles. The van der Waals surface area contributed by atoms with Gasteiger partial charge in [-0.1, -0.05) is 0 Å². The van der Waals surface area contributed by atoms with Crippen LogP contribution in [0.1, 0.15) is 32.8 Å². The van der Waals surface area contributed by atoms with Gasteiger partial charge in [-0.2, -0.15) is 10.2 Å². The summed E-state index contributed by atoms with van der Waals surface area (Å²) in [6.07, 6.45) is 3.43. The maximum Gasteiger partial charge on any atom is 0.407 e. The molecule has 2 heterocycles. The smallest absolute Gasteiger partial charge is 0.407 e. The summed E-state index contributed by atoms with van der Waals surface area (Å²) >= 11 is 0. The van der Waals surface area contributed by atoms with Gasteiger partial charge in [0.05, 0.1) is 0 Å². The number of carbonyl (C=O) groups is 1. The monoisotopic (exact) mass is 304 g/mol. The second-order valence-electron chi connectivity index (χ2n) is 5.66. The van der Waals surface area contributed by atoms with E-state index < -0.39 is 11.7 Å². The molecule has 22 heavy (non-hydrogen) atoms. The SMILES string of the molecule is CC(C)(C)OC(=O)NCCC1=NNC(c2ccncc2)=NN1. The fraction of sp³-hybridized carbons (Fsp3) is 0.429. The second kappa shape index (κ2) is 6.88. The van der Waals surface area contributed by atoms with Gasteiger partial charge in [0.25, 0.3) is 0 Å². The molecule has 0 fully saturated rings. The minimum Gasteiger partial charge on any atom is -0.444 e. The number of nitrogens with one attached hydrogen (secondary N) is 3. The number of amides is 1. The van der Waals surface area contributed by atoms with Gasteiger partial charge in [0.15, 0.2) is 5.84 Å². The molecule has 0 unspecified atom stereocenters. The molecule has 0 bridgehead atoms. The average molecular weight is 304 g/mol. The molecule has 8 heteroatoms. The molecule has 1 aromatic rings. The largest absolute Gasteiger partial charge is 0.444 e. The highest BCUT2D eigenvalue weighted by atomic mass is 16.6. The molecule has 2 rings (SSSR count). The molecular weight excluding hydrogens is 284 g/mol. The highest BCUT2D eigenvalue weighted by Gasteiger charge is 2.16. The number of nitrogens with zero attached hydrogens (tertiary/aromatic N) is 3. The maximum atomic E-state index is 11.5. The van der Waals surface area contributed by atoms with Crippen LogP contribution in [0.5, 0.6) is 0 Å². The molecule has 1 aliphatic heterocycles. The van der Waals surface area contributed by atoms with Gasteiger partial charge < -0.3 is 10.1 Å². The van der Waals surface area contributed by atoms with E-state index in [-0.39, 0.29) is 0 Å². The Balaban J connectivity index is 1.74. The van der Waals surface area contributed by atoms with Crippen LogP contribution in [-0.2, 0) is 4.74 Å². The first-order valence-electron chi connectivity index (χ1n) is 6.97. The number of hydrazone groups is 2. The molecule has 8 nitrogen and oxygen atoms in total. The number of hydrogen-bond acceptors (Lipinski definition) is 7. The molecule has 0 radical (unpaired) electrons. The zero-order chi connectivity index (χ0) is 16.0. The second-order valence-corrected chi connectivity index (χ2v) is 5.66. The van der Waals surface area contributed by atoms with Crippen molar-refractivity contribution in [3.05, 3.63) is 30.1 Å². The number of pyridine rings is 1. The standard InChI is InChI=1S/C14H20N6O2/c1-14(2,3)22-13(21)16-9-6-11-17-19-12(20-18-11)10-4-7-15-8-5-10/h4-5,7-8H,6,9H2,1-3H3,(H,16,21)(H,17,18)(H,19,20). The normalized spacial score (nSPS) is 14.1. The molecule has 1 amide bonds. The molecule has 1 aliphatic rings. The zero-order valence-electron chi connectivity index (χ0n) is 12.9. The van der Waals surface area contributed by atoms with Gasteiger partial charge in [0.1, 0.15) is 11.4 Å². The van der Waals surface area contributed by atoms with Crippen LogP contribution in [0.3, 0.4) is 0 Å². The number of ether oxygens (including phenoxy) is 1. The number of amidine groups is 2. The third-order valence-corrected chi connectivity index (χ3v) is 2.58. The van der Waals surface area contributed by atoms with Crippen LogP contribution < -0.4 is 16.2 Å². The van der Waals surface area contributed by atoms with Gasteiger partial charge in [0, 0.05) is 30.9 Å². The molecule has 0 aliphatic carbocycles. The van der Waals surface area contributed by atoms with Crippen molar-refractivity contribution in [1.82, 2.24) is 21.2 Å². The van der Waals surface area contributed by atoms with E-state index in [1.165, 1.54) is 0 Å². The third-order valence-electron chi connectivity index (χ3n) is 2.58. The van der Waals surface area contributed by atoms with E-state index in [1.54, 1.807) is 12.4 Å². The lowest BCUT2D eigenvalue weighted by molar-refractivity contribution is 0.0529. The van der Waals surface area contributed by atoms with Crippen LogP contribution >= 0.6 is 0 Å². The summed E-state index contributed by atoms with van der Waals surface area (Å²) < 4.78 is 5.14. The first kappa shape index (κ1) is 15.7. The average Bonchev–Trinajstić information content (AvgIpc) is 2.47. The Morgan fingerprint density at radius 3 is 2.55 bits per heavy atom. The summed E-state index contributed by atoms with van der Waals surface area (Å²) in [5, 5.41) is 11.0. The van der Waals surface area contributed by atoms with E-state index in [1.807, 2.05) is 32.9 Å². The van der Waals surface area contributed by atoms with Crippen molar-refractivity contribution >= 4 is 17.8 Å². The van der Waals surface area contributed by atoms with Crippen LogP contribution in [-0.4, -0.2) is 34.9 Å². The summed E-state index contributed by atoms with van der Waals surface area (Å²) in [4.78, 5) is 15.4. The molecular formula is C14H20N6O2. The van der Waals surface area contributed by atoms with E-state index >= 15 is 0 Å². The first-order chi connectivity index (χ1) is 10.4. The summed E-state index contributed by atoms with van der Waals surface area (Å²) in [5.41, 5.74) is 6.10. The van der Waals surface area contributed by atoms with Crippen LogP contribution in [0, 0.1) is 0 Å². The molecule has 118 valence electrons. The van der Waals surface area contributed by atoms with Crippen LogP contribution in [0.25, 0.3) is 0 Å². The van der Waals surface area contributed by atoms with Crippen LogP contribution in [0.2, 0.25) is 0 Å². The molecule has 0 saturated carbocycles. The number of hydrogen-bond donors (Lipinski definition) is 3. The predicted octanol–water partition coefficient (Wildman–Crippen LogP) is 1.16. The summed E-state index contributed by atoms with van der Waals surface area (Å²) in [6, 6.07) is 3.66. The van der Waals surface area contributed by atoms with Gasteiger partial charge in [-0.25, -0.2) is 4.79 Å². The topological polar surface area (TPSA) is 100 Å². The minimum absolute atomic E-state index is 0.405. The van der Waals surface area contributed by atoms with E-state index in [0.29, 0.717) is 24.6 Å². The van der Waals surface area contributed by atoms with Crippen molar-refractivity contribution < 1.29 is 9.53 Å². The first-order valence-corrected chi connectivity index (χ1v) is 6.97. The number of alkyl carbamates (subject to hydrolysis) is 1. The third kappa shape index (κ3) is 5.04. The summed E-state index contributed by atoms with van der Waals surface area (Å²) in [6.45, 7) is 5.86. The summed E-state index contributed by atoms with van der Waals surface area (Å²) in [7, 11) is 0. The Morgan fingerprint density at radius 2 is 1.95 bits per heavy atom. The lowest BCUT2D eigenvalue weighted by Crippen LogP contribution is -2.37. The molecule has 0 spiro atoms. The summed E-state index contributed by atoms with van der Waals surface area (Å²) in [5.74, 6) is 1.25. The molecule has 0 saturated heterocycles. The van der Waals surface area contributed by atoms with Crippen molar-refractivity contribution in [1.29, 1.82) is 0 Å². The maximum absolute atomic E-state index is 11.5. The number of rotatable bonds is 4. The minimum atomic E-state index is -0.504. The van der Waals surface area contributed by atoms with E-state index in [0.717, 1.165) is 5.56 Å². The lowest BCUT2D eigenvalue weighted by Gasteiger charge is -2.20. The Morgan fingerprint density at radius 1 is 1.23 bits per heavy atom. The zero-order valence-corrected chi connectivity index (χ0v) is 12.9. The van der Waals surface area contributed by atoms with E-state index in [2.05, 4.69) is 31.4 Å². The van der Waals surface area contributed by atoms with Crippen molar-refractivity contribution in [3.8, 4) is 0 Å². The van der Waals surface area contributed by atoms with Gasteiger partial charge in [-0.05, 0) is 32.9 Å². The van der Waals surface area contributed by atoms with E-state index in [9.17, 15) is 4.79 Å².